The highest BCUT2D eigenvalue weighted by Gasteiger charge is 2.36. The van der Waals surface area contributed by atoms with Crippen LogP contribution in [0.5, 0.6) is 0 Å². The summed E-state index contributed by atoms with van der Waals surface area (Å²) in [6.07, 6.45) is 2.94. The van der Waals surface area contributed by atoms with Crippen LogP contribution in [0.1, 0.15) is 37.3 Å². The zero-order valence-corrected chi connectivity index (χ0v) is 11.8. The molecular formula is C16H16N4O. The van der Waals surface area contributed by atoms with E-state index in [9.17, 15) is 4.79 Å². The van der Waals surface area contributed by atoms with Gasteiger partial charge in [0.1, 0.15) is 6.33 Å². The molecule has 0 saturated carbocycles. The third-order valence-corrected chi connectivity index (χ3v) is 4.40. The molecule has 2 atom stereocenters. The molecule has 0 saturated heterocycles. The Morgan fingerprint density at radius 1 is 1.24 bits per heavy atom. The van der Waals surface area contributed by atoms with E-state index in [1.165, 1.54) is 11.9 Å². The van der Waals surface area contributed by atoms with E-state index >= 15 is 0 Å². The molecule has 1 aliphatic heterocycles. The number of hydrogen-bond acceptors (Lipinski definition) is 4. The Balaban J connectivity index is 1.71. The molecule has 5 heteroatoms. The van der Waals surface area contributed by atoms with Crippen molar-refractivity contribution in [2.24, 2.45) is 0 Å². The molecule has 0 amide bonds. The first-order valence-electron chi connectivity index (χ1n) is 7.21. The highest BCUT2D eigenvalue weighted by Crippen LogP contribution is 2.41. The van der Waals surface area contributed by atoms with Crippen LogP contribution in [0.25, 0.3) is 0 Å². The zero-order chi connectivity index (χ0) is 14.4. The van der Waals surface area contributed by atoms with Gasteiger partial charge in [-0.05, 0) is 24.8 Å². The minimum atomic E-state index is -0.0389. The highest BCUT2D eigenvalue weighted by atomic mass is 16.1. The van der Waals surface area contributed by atoms with Gasteiger partial charge in [-0.2, -0.15) is 10.1 Å². The standard InChI is InChI=1S/C16H16N4O/c1-10-15-13(19-16-17-9-18-20(10)16)7-12(8-14(15)21)11-5-3-2-4-6-11/h2-6,9-10,12H,7-8H2,1H3,(H,17,18,19). The average molecular weight is 280 g/mol. The third kappa shape index (κ3) is 1.88. The molecule has 1 N–H and O–H groups in total. The molecule has 2 heterocycles. The number of Topliss-reactive ketones (excluding diaryl/α,β-unsaturated/α-hetero) is 1. The summed E-state index contributed by atoms with van der Waals surface area (Å²) in [7, 11) is 0. The number of fused-ring (bicyclic) bond motifs is 1. The molecule has 0 fully saturated rings. The van der Waals surface area contributed by atoms with Crippen molar-refractivity contribution in [2.75, 3.05) is 5.32 Å². The van der Waals surface area contributed by atoms with E-state index in [2.05, 4.69) is 27.5 Å². The molecule has 1 aromatic heterocycles. The van der Waals surface area contributed by atoms with E-state index in [4.69, 9.17) is 0 Å². The third-order valence-electron chi connectivity index (χ3n) is 4.40. The van der Waals surface area contributed by atoms with Crippen molar-refractivity contribution >= 4 is 11.7 Å². The topological polar surface area (TPSA) is 59.8 Å². The number of benzene rings is 1. The second-order valence-electron chi connectivity index (χ2n) is 5.66. The lowest BCUT2D eigenvalue weighted by molar-refractivity contribution is -0.116. The molecule has 5 nitrogen and oxygen atoms in total. The van der Waals surface area contributed by atoms with Crippen LogP contribution in [0.3, 0.4) is 0 Å². The number of nitrogens with zero attached hydrogens (tertiary/aromatic N) is 3. The number of hydrogen-bond donors (Lipinski definition) is 1. The van der Waals surface area contributed by atoms with Crippen molar-refractivity contribution in [3.05, 3.63) is 53.5 Å². The first-order chi connectivity index (χ1) is 10.2. The molecule has 4 rings (SSSR count). The predicted molar refractivity (Wildman–Crippen MR) is 78.8 cm³/mol. The van der Waals surface area contributed by atoms with Crippen LogP contribution in [0, 0.1) is 0 Å². The van der Waals surface area contributed by atoms with Gasteiger partial charge >= 0.3 is 0 Å². The van der Waals surface area contributed by atoms with Gasteiger partial charge in [0.25, 0.3) is 0 Å². The minimum absolute atomic E-state index is 0.0389. The maximum Gasteiger partial charge on any atom is 0.225 e. The molecule has 0 bridgehead atoms. The summed E-state index contributed by atoms with van der Waals surface area (Å²) in [6, 6.07) is 10.2. The lowest BCUT2D eigenvalue weighted by Crippen LogP contribution is -2.31. The smallest absolute Gasteiger partial charge is 0.225 e. The Labute approximate surface area is 122 Å². The molecule has 21 heavy (non-hydrogen) atoms. The molecular weight excluding hydrogens is 264 g/mol. The second kappa shape index (κ2) is 4.55. The molecule has 0 radical (unpaired) electrons. The van der Waals surface area contributed by atoms with Crippen molar-refractivity contribution in [1.82, 2.24) is 14.8 Å². The highest BCUT2D eigenvalue weighted by molar-refractivity contribution is 5.99. The van der Waals surface area contributed by atoms with Gasteiger partial charge < -0.3 is 5.32 Å². The molecule has 1 aliphatic carbocycles. The molecule has 2 unspecified atom stereocenters. The minimum Gasteiger partial charge on any atom is -0.328 e. The fourth-order valence-electron chi connectivity index (χ4n) is 3.38. The maximum absolute atomic E-state index is 12.6. The Morgan fingerprint density at radius 3 is 2.86 bits per heavy atom. The van der Waals surface area contributed by atoms with Crippen molar-refractivity contribution in [3.63, 3.8) is 0 Å². The summed E-state index contributed by atoms with van der Waals surface area (Å²) in [4.78, 5) is 16.8. The summed E-state index contributed by atoms with van der Waals surface area (Å²) in [5.41, 5.74) is 3.09. The summed E-state index contributed by atoms with van der Waals surface area (Å²) < 4.78 is 1.78. The Kier molecular flexibility index (Phi) is 2.67. The number of anilines is 1. The van der Waals surface area contributed by atoms with Crippen LogP contribution in [0.4, 0.5) is 5.95 Å². The first kappa shape index (κ1) is 12.3. The van der Waals surface area contributed by atoms with E-state index < -0.39 is 0 Å². The van der Waals surface area contributed by atoms with Gasteiger partial charge in [0.05, 0.1) is 6.04 Å². The number of carbonyl (C=O) groups is 1. The van der Waals surface area contributed by atoms with Crippen LogP contribution in [0.15, 0.2) is 47.9 Å². The van der Waals surface area contributed by atoms with Gasteiger partial charge in [-0.15, -0.1) is 0 Å². The number of rotatable bonds is 1. The predicted octanol–water partition coefficient (Wildman–Crippen LogP) is 2.67. The molecule has 0 spiro atoms. The monoisotopic (exact) mass is 280 g/mol. The van der Waals surface area contributed by atoms with Crippen LogP contribution in [-0.2, 0) is 4.79 Å². The van der Waals surface area contributed by atoms with E-state index in [1.807, 2.05) is 25.1 Å². The number of nitrogens with one attached hydrogen (secondary N) is 1. The van der Waals surface area contributed by atoms with Crippen LogP contribution in [-0.4, -0.2) is 20.5 Å². The van der Waals surface area contributed by atoms with E-state index in [1.54, 1.807) is 4.68 Å². The van der Waals surface area contributed by atoms with Crippen molar-refractivity contribution < 1.29 is 4.79 Å². The summed E-state index contributed by atoms with van der Waals surface area (Å²) in [5, 5.41) is 7.48. The van der Waals surface area contributed by atoms with Gasteiger partial charge in [0.15, 0.2) is 5.78 Å². The summed E-state index contributed by atoms with van der Waals surface area (Å²) in [6.45, 7) is 2.01. The van der Waals surface area contributed by atoms with E-state index in [-0.39, 0.29) is 17.7 Å². The van der Waals surface area contributed by atoms with Crippen molar-refractivity contribution in [2.45, 2.75) is 31.7 Å². The van der Waals surface area contributed by atoms with Gasteiger partial charge in [0.2, 0.25) is 5.95 Å². The molecule has 106 valence electrons. The quantitative estimate of drug-likeness (QED) is 0.872. The molecule has 2 aromatic rings. The Bertz CT molecular complexity index is 732. The van der Waals surface area contributed by atoms with Crippen molar-refractivity contribution in [1.29, 1.82) is 0 Å². The number of allylic oxidation sites excluding steroid dienone is 2. The van der Waals surface area contributed by atoms with Gasteiger partial charge in [-0.3, -0.25) is 4.79 Å². The van der Waals surface area contributed by atoms with Crippen molar-refractivity contribution in [3.8, 4) is 0 Å². The fraction of sp³-hybridized carbons (Fsp3) is 0.312. The molecule has 1 aromatic carbocycles. The number of ketones is 1. The van der Waals surface area contributed by atoms with Crippen LogP contribution in [0.2, 0.25) is 0 Å². The number of carbonyl (C=O) groups excluding carboxylic acids is 1. The Morgan fingerprint density at radius 2 is 2.05 bits per heavy atom. The SMILES string of the molecule is CC1C2=C(CC(c3ccccc3)CC2=O)Nc2ncnn21. The van der Waals surface area contributed by atoms with Crippen LogP contribution >= 0.6 is 0 Å². The largest absolute Gasteiger partial charge is 0.328 e. The normalized spacial score (nSPS) is 24.3. The maximum atomic E-state index is 12.6. The zero-order valence-electron chi connectivity index (χ0n) is 11.8. The molecule has 2 aliphatic rings. The van der Waals surface area contributed by atoms with Crippen LogP contribution < -0.4 is 5.32 Å². The average Bonchev–Trinajstić information content (AvgIpc) is 2.96. The van der Waals surface area contributed by atoms with Gasteiger partial charge in [-0.1, -0.05) is 30.3 Å². The fourth-order valence-corrected chi connectivity index (χ4v) is 3.38. The van der Waals surface area contributed by atoms with E-state index in [0.717, 1.165) is 23.6 Å². The Hall–Kier alpha value is -2.43. The first-order valence-corrected chi connectivity index (χ1v) is 7.21. The lowest BCUT2D eigenvalue weighted by atomic mass is 9.79. The summed E-state index contributed by atoms with van der Waals surface area (Å²) >= 11 is 0. The van der Waals surface area contributed by atoms with Gasteiger partial charge in [-0.25, -0.2) is 4.68 Å². The van der Waals surface area contributed by atoms with E-state index in [0.29, 0.717) is 6.42 Å². The second-order valence-corrected chi connectivity index (χ2v) is 5.66. The number of aromatic nitrogens is 3. The lowest BCUT2D eigenvalue weighted by Gasteiger charge is -2.33. The van der Waals surface area contributed by atoms with Gasteiger partial charge in [0, 0.05) is 17.7 Å². The summed E-state index contributed by atoms with van der Waals surface area (Å²) in [5.74, 6) is 1.18.